The van der Waals surface area contributed by atoms with Gasteiger partial charge in [0.05, 0.1) is 18.3 Å². The van der Waals surface area contributed by atoms with E-state index in [1.165, 1.54) is 0 Å². The van der Waals surface area contributed by atoms with E-state index in [4.69, 9.17) is 9.15 Å². The molecular weight excluding hydrogens is 322 g/mol. The van der Waals surface area contributed by atoms with E-state index in [2.05, 4.69) is 20.4 Å². The average molecular weight is 345 g/mol. The highest BCUT2D eigenvalue weighted by Gasteiger charge is 2.21. The molecule has 25 heavy (non-hydrogen) atoms. The molecule has 0 radical (unpaired) electrons. The summed E-state index contributed by atoms with van der Waals surface area (Å²) in [5.41, 5.74) is 0.00415. The fourth-order valence-electron chi connectivity index (χ4n) is 2.65. The first-order valence-corrected chi connectivity index (χ1v) is 8.10. The van der Waals surface area contributed by atoms with Gasteiger partial charge < -0.3 is 14.5 Å². The third kappa shape index (κ3) is 3.43. The first kappa shape index (κ1) is 17.2. The van der Waals surface area contributed by atoms with Gasteiger partial charge in [-0.3, -0.25) is 9.78 Å². The zero-order chi connectivity index (χ0) is 18.2. The number of aryl methyl sites for hydroxylation is 1. The van der Waals surface area contributed by atoms with Crippen molar-refractivity contribution in [3.63, 3.8) is 0 Å². The maximum Gasteiger partial charge on any atom is 0.263 e. The van der Waals surface area contributed by atoms with Crippen LogP contribution in [0.1, 0.15) is 38.3 Å². The minimum absolute atomic E-state index is 0.241. The summed E-state index contributed by atoms with van der Waals surface area (Å²) in [4.78, 5) is 19.7. The van der Waals surface area contributed by atoms with Crippen LogP contribution < -0.4 is 10.9 Å². The number of fused-ring (bicyclic) bond motifs is 1. The van der Waals surface area contributed by atoms with Gasteiger partial charge in [0.25, 0.3) is 5.56 Å². The van der Waals surface area contributed by atoms with Gasteiger partial charge in [-0.15, -0.1) is 0 Å². The van der Waals surface area contributed by atoms with Crippen LogP contribution in [-0.2, 0) is 10.3 Å². The maximum absolute atomic E-state index is 12.4. The van der Waals surface area contributed by atoms with Gasteiger partial charge in [0.15, 0.2) is 5.65 Å². The lowest BCUT2D eigenvalue weighted by Crippen LogP contribution is -2.25. The molecule has 2 N–H and O–H groups in total. The Morgan fingerprint density at radius 1 is 1.40 bits per heavy atom. The predicted molar refractivity (Wildman–Crippen MR) is 94.8 cm³/mol. The zero-order valence-corrected chi connectivity index (χ0v) is 15.1. The van der Waals surface area contributed by atoms with Crippen molar-refractivity contribution >= 4 is 17.0 Å². The number of rotatable bonds is 5. The second kappa shape index (κ2) is 6.36. The van der Waals surface area contributed by atoms with E-state index in [1.54, 1.807) is 18.0 Å². The standard InChI is InChI=1S/C17H23N5O3/c1-10-6-7-13(25-10)12(9-24-5)19-16-20-14-11(15(23)21-16)8-18-22(14)17(2,3)4/h6-8,12H,9H2,1-5H3,(H2,19,20,21,23). The molecular formula is C17H23N5O3. The van der Waals surface area contributed by atoms with Crippen LogP contribution in [0.25, 0.3) is 11.0 Å². The molecule has 0 saturated carbocycles. The lowest BCUT2D eigenvalue weighted by atomic mass is 10.1. The van der Waals surface area contributed by atoms with Crippen LogP contribution in [0.5, 0.6) is 0 Å². The summed E-state index contributed by atoms with van der Waals surface area (Å²) in [5, 5.41) is 7.95. The van der Waals surface area contributed by atoms with Crippen molar-refractivity contribution in [3.05, 3.63) is 40.2 Å². The highest BCUT2D eigenvalue weighted by atomic mass is 16.5. The monoisotopic (exact) mass is 345 g/mol. The molecule has 0 aromatic carbocycles. The Labute approximate surface area is 145 Å². The Hall–Kier alpha value is -2.61. The van der Waals surface area contributed by atoms with Gasteiger partial charge in [-0.2, -0.15) is 10.1 Å². The molecule has 0 aliphatic heterocycles. The number of hydrogen-bond donors (Lipinski definition) is 2. The van der Waals surface area contributed by atoms with Gasteiger partial charge in [0.2, 0.25) is 5.95 Å². The summed E-state index contributed by atoms with van der Waals surface area (Å²) in [6.07, 6.45) is 1.54. The molecule has 0 fully saturated rings. The molecule has 0 amide bonds. The quantitative estimate of drug-likeness (QED) is 0.737. The Kier molecular flexibility index (Phi) is 4.38. The van der Waals surface area contributed by atoms with Crippen molar-refractivity contribution < 1.29 is 9.15 Å². The normalized spacial score (nSPS) is 13.3. The third-order valence-electron chi connectivity index (χ3n) is 3.82. The first-order chi connectivity index (χ1) is 11.8. The number of aromatic amines is 1. The maximum atomic E-state index is 12.4. The van der Waals surface area contributed by atoms with Crippen molar-refractivity contribution in [1.29, 1.82) is 0 Å². The lowest BCUT2D eigenvalue weighted by Gasteiger charge is -2.20. The second-order valence-electron chi connectivity index (χ2n) is 6.98. The van der Waals surface area contributed by atoms with Crippen LogP contribution in [0.2, 0.25) is 0 Å². The van der Waals surface area contributed by atoms with Crippen LogP contribution in [0, 0.1) is 6.92 Å². The molecule has 0 saturated heterocycles. The van der Waals surface area contributed by atoms with Gasteiger partial charge in [-0.1, -0.05) is 0 Å². The number of methoxy groups -OCH3 is 1. The van der Waals surface area contributed by atoms with E-state index >= 15 is 0 Å². The Morgan fingerprint density at radius 2 is 2.16 bits per heavy atom. The highest BCUT2D eigenvalue weighted by molar-refractivity contribution is 5.74. The van der Waals surface area contributed by atoms with E-state index in [9.17, 15) is 4.79 Å². The summed E-state index contributed by atoms with van der Waals surface area (Å²) in [6, 6.07) is 3.49. The molecule has 3 aromatic heterocycles. The average Bonchev–Trinajstić information content (AvgIpc) is 3.12. The number of furan rings is 1. The van der Waals surface area contributed by atoms with E-state index in [-0.39, 0.29) is 17.1 Å². The van der Waals surface area contributed by atoms with Gasteiger partial charge in [-0.25, -0.2) is 4.68 Å². The molecule has 3 aromatic rings. The molecule has 8 nitrogen and oxygen atoms in total. The summed E-state index contributed by atoms with van der Waals surface area (Å²) >= 11 is 0. The van der Waals surface area contributed by atoms with E-state index < -0.39 is 0 Å². The first-order valence-electron chi connectivity index (χ1n) is 8.10. The van der Waals surface area contributed by atoms with Crippen LogP contribution in [0.3, 0.4) is 0 Å². The van der Waals surface area contributed by atoms with Gasteiger partial charge >= 0.3 is 0 Å². The van der Waals surface area contributed by atoms with Crippen molar-refractivity contribution in [2.75, 3.05) is 19.0 Å². The zero-order valence-electron chi connectivity index (χ0n) is 15.1. The van der Waals surface area contributed by atoms with E-state index in [0.29, 0.717) is 29.3 Å². The molecule has 1 atom stereocenters. The molecule has 0 spiro atoms. The fraction of sp³-hybridized carbons (Fsp3) is 0.471. The summed E-state index contributed by atoms with van der Waals surface area (Å²) in [6.45, 7) is 8.27. The van der Waals surface area contributed by atoms with Gasteiger partial charge in [-0.05, 0) is 39.8 Å². The highest BCUT2D eigenvalue weighted by Crippen LogP contribution is 2.22. The van der Waals surface area contributed by atoms with Crippen molar-refractivity contribution in [2.45, 2.75) is 39.3 Å². The smallest absolute Gasteiger partial charge is 0.263 e. The van der Waals surface area contributed by atoms with Crippen LogP contribution >= 0.6 is 0 Å². The minimum Gasteiger partial charge on any atom is -0.464 e. The number of anilines is 1. The molecule has 8 heteroatoms. The molecule has 0 aliphatic rings. The predicted octanol–water partition coefficient (Wildman–Crippen LogP) is 2.58. The topological polar surface area (TPSA) is 98.0 Å². The van der Waals surface area contributed by atoms with Crippen molar-refractivity contribution in [3.8, 4) is 0 Å². The van der Waals surface area contributed by atoms with Gasteiger partial charge in [0.1, 0.15) is 22.9 Å². The molecule has 3 rings (SSSR count). The van der Waals surface area contributed by atoms with E-state index in [0.717, 1.165) is 5.76 Å². The number of nitrogens with zero attached hydrogens (tertiary/aromatic N) is 3. The number of hydrogen-bond acceptors (Lipinski definition) is 6. The molecule has 0 aliphatic carbocycles. The summed E-state index contributed by atoms with van der Waals surface area (Å²) in [5.74, 6) is 1.87. The SMILES string of the molecule is COCC(Nc1nc2c(cnn2C(C)(C)C)c(=O)[nH]1)c1ccc(C)o1. The molecule has 134 valence electrons. The Morgan fingerprint density at radius 3 is 2.76 bits per heavy atom. The van der Waals surface area contributed by atoms with E-state index in [1.807, 2.05) is 39.8 Å². The summed E-state index contributed by atoms with van der Waals surface area (Å²) < 4.78 is 12.7. The number of H-pyrrole nitrogens is 1. The van der Waals surface area contributed by atoms with Crippen molar-refractivity contribution in [2.24, 2.45) is 0 Å². The number of aromatic nitrogens is 4. The molecule has 3 heterocycles. The minimum atomic E-state index is -0.288. The van der Waals surface area contributed by atoms with Crippen LogP contribution in [0.4, 0.5) is 5.95 Å². The molecule has 0 bridgehead atoms. The number of nitrogens with one attached hydrogen (secondary N) is 2. The second-order valence-corrected chi connectivity index (χ2v) is 6.98. The number of ether oxygens (including phenoxy) is 1. The van der Waals surface area contributed by atoms with Crippen LogP contribution in [0.15, 0.2) is 27.5 Å². The van der Waals surface area contributed by atoms with Crippen LogP contribution in [-0.4, -0.2) is 33.5 Å². The Balaban J connectivity index is 2.01. The lowest BCUT2D eigenvalue weighted by molar-refractivity contribution is 0.178. The largest absolute Gasteiger partial charge is 0.464 e. The summed E-state index contributed by atoms with van der Waals surface area (Å²) in [7, 11) is 1.61. The molecule has 1 unspecified atom stereocenters. The Bertz CT molecular complexity index is 932. The third-order valence-corrected chi connectivity index (χ3v) is 3.82. The van der Waals surface area contributed by atoms with Gasteiger partial charge in [0, 0.05) is 7.11 Å². The van der Waals surface area contributed by atoms with Crippen molar-refractivity contribution in [1.82, 2.24) is 19.7 Å². The fourth-order valence-corrected chi connectivity index (χ4v) is 2.65.